The number of furan rings is 2. The number of fused-ring (bicyclic) bond motifs is 6. The van der Waals surface area contributed by atoms with Crippen LogP contribution >= 0.6 is 0 Å². The SMILES string of the molecule is Cc1ccc2c(n1)oc1c(-c3cc4c(cn3)oc3ccccc34)[c-]ccc12.[Ir].[c-]1ccccc1-c1ccccn1. The van der Waals surface area contributed by atoms with Crippen molar-refractivity contribution in [2.24, 2.45) is 0 Å². The molecule has 195 valence electrons. The van der Waals surface area contributed by atoms with Gasteiger partial charge in [-0.3, -0.25) is 0 Å². The molecule has 0 atom stereocenters. The average Bonchev–Trinajstić information content (AvgIpc) is 3.56. The molecule has 0 aliphatic heterocycles. The van der Waals surface area contributed by atoms with E-state index in [1.807, 2.05) is 97.9 Å². The van der Waals surface area contributed by atoms with Crippen molar-refractivity contribution in [2.75, 3.05) is 0 Å². The standard InChI is InChI=1S/C23H13N2O2.C11H8N.Ir/c1-13-9-10-16-15-6-4-7-17(22(15)27-23(16)25-13)19-11-18-14-5-2-3-8-20(14)26-21(18)12-24-19;1-2-6-10(7-3-1)11-8-4-5-9-12-11;/h2-6,8-12H,1H3;1-6,8-9H;/q2*-1;. The van der Waals surface area contributed by atoms with Gasteiger partial charge in [-0.1, -0.05) is 47.3 Å². The van der Waals surface area contributed by atoms with Crippen LogP contribution in [0.3, 0.4) is 0 Å². The minimum absolute atomic E-state index is 0. The van der Waals surface area contributed by atoms with Crippen LogP contribution in [0, 0.1) is 19.1 Å². The van der Waals surface area contributed by atoms with Gasteiger partial charge in [-0.05, 0) is 42.6 Å². The maximum Gasteiger partial charge on any atom is 0.216 e. The van der Waals surface area contributed by atoms with Gasteiger partial charge in [0, 0.05) is 48.2 Å². The van der Waals surface area contributed by atoms with Gasteiger partial charge in [0.2, 0.25) is 5.71 Å². The Morgan fingerprint density at radius 2 is 1.52 bits per heavy atom. The Kier molecular flexibility index (Phi) is 6.95. The molecule has 5 heterocycles. The quantitative estimate of drug-likeness (QED) is 0.170. The molecule has 5 nitrogen and oxygen atoms in total. The number of hydrogen-bond acceptors (Lipinski definition) is 5. The Morgan fingerprint density at radius 1 is 0.650 bits per heavy atom. The largest absolute Gasteiger partial charge is 0.486 e. The zero-order chi connectivity index (χ0) is 26.2. The Labute approximate surface area is 243 Å². The Balaban J connectivity index is 0.000000188. The summed E-state index contributed by atoms with van der Waals surface area (Å²) in [5, 5.41) is 4.13. The molecule has 0 unspecified atom stereocenters. The van der Waals surface area contributed by atoms with Gasteiger partial charge in [0.1, 0.15) is 5.58 Å². The Morgan fingerprint density at radius 3 is 2.38 bits per heavy atom. The smallest absolute Gasteiger partial charge is 0.216 e. The van der Waals surface area contributed by atoms with Crippen molar-refractivity contribution < 1.29 is 28.9 Å². The predicted octanol–water partition coefficient (Wildman–Crippen LogP) is 8.60. The summed E-state index contributed by atoms with van der Waals surface area (Å²) in [6, 6.07) is 38.1. The van der Waals surface area contributed by atoms with E-state index in [9.17, 15) is 0 Å². The fourth-order valence-electron chi connectivity index (χ4n) is 4.75. The maximum atomic E-state index is 6.09. The van der Waals surface area contributed by atoms with Crippen molar-refractivity contribution in [3.8, 4) is 22.5 Å². The van der Waals surface area contributed by atoms with Gasteiger partial charge in [0.25, 0.3) is 0 Å². The molecule has 3 aromatic carbocycles. The molecule has 0 amide bonds. The number of benzene rings is 3. The summed E-state index contributed by atoms with van der Waals surface area (Å²) < 4.78 is 12.0. The van der Waals surface area contributed by atoms with Gasteiger partial charge < -0.3 is 18.8 Å². The van der Waals surface area contributed by atoms with E-state index in [1.165, 1.54) is 0 Å². The predicted molar refractivity (Wildman–Crippen MR) is 154 cm³/mol. The first kappa shape index (κ1) is 25.6. The molecule has 8 aromatic rings. The molecule has 40 heavy (non-hydrogen) atoms. The molecule has 0 spiro atoms. The fraction of sp³-hybridized carbons (Fsp3) is 0.0294. The first-order valence-electron chi connectivity index (χ1n) is 12.6. The normalized spacial score (nSPS) is 10.9. The minimum Gasteiger partial charge on any atom is -0.486 e. The van der Waals surface area contributed by atoms with E-state index in [2.05, 4.69) is 33.2 Å². The molecule has 1 radical (unpaired) electrons. The van der Waals surface area contributed by atoms with Crippen LogP contribution in [-0.2, 0) is 20.1 Å². The molecular formula is C34H21IrN3O2-2. The van der Waals surface area contributed by atoms with Crippen LogP contribution in [0.2, 0.25) is 0 Å². The summed E-state index contributed by atoms with van der Waals surface area (Å²) >= 11 is 0. The third-order valence-electron chi connectivity index (χ3n) is 6.61. The van der Waals surface area contributed by atoms with E-state index >= 15 is 0 Å². The van der Waals surface area contributed by atoms with E-state index in [0.29, 0.717) is 5.71 Å². The molecule has 0 N–H and O–H groups in total. The third kappa shape index (κ3) is 4.68. The van der Waals surface area contributed by atoms with E-state index in [0.717, 1.165) is 66.5 Å². The number of para-hydroxylation sites is 1. The first-order valence-corrected chi connectivity index (χ1v) is 12.6. The van der Waals surface area contributed by atoms with E-state index in [-0.39, 0.29) is 20.1 Å². The van der Waals surface area contributed by atoms with Crippen molar-refractivity contribution in [1.29, 1.82) is 0 Å². The van der Waals surface area contributed by atoms with Crippen molar-refractivity contribution >= 4 is 44.0 Å². The third-order valence-corrected chi connectivity index (χ3v) is 6.61. The van der Waals surface area contributed by atoms with Crippen LogP contribution in [0.15, 0.2) is 118 Å². The average molecular weight is 696 g/mol. The number of rotatable bonds is 2. The maximum absolute atomic E-state index is 6.09. The number of aromatic nitrogens is 3. The van der Waals surface area contributed by atoms with Crippen molar-refractivity contribution in [3.63, 3.8) is 0 Å². The molecule has 0 fully saturated rings. The first-order chi connectivity index (χ1) is 19.2. The second-order valence-electron chi connectivity index (χ2n) is 9.16. The number of pyridine rings is 3. The fourth-order valence-corrected chi connectivity index (χ4v) is 4.75. The summed E-state index contributed by atoms with van der Waals surface area (Å²) in [6.07, 6.45) is 3.55. The van der Waals surface area contributed by atoms with Crippen LogP contribution < -0.4 is 0 Å². The molecular weight excluding hydrogens is 675 g/mol. The molecule has 6 heteroatoms. The topological polar surface area (TPSA) is 65.0 Å². The van der Waals surface area contributed by atoms with Crippen molar-refractivity contribution in [3.05, 3.63) is 127 Å². The van der Waals surface area contributed by atoms with Gasteiger partial charge in [-0.15, -0.1) is 54.1 Å². The zero-order valence-electron chi connectivity index (χ0n) is 21.4. The van der Waals surface area contributed by atoms with E-state index in [1.54, 1.807) is 12.4 Å². The van der Waals surface area contributed by atoms with Gasteiger partial charge in [-0.25, -0.2) is 4.98 Å². The second kappa shape index (κ2) is 10.9. The van der Waals surface area contributed by atoms with Crippen LogP contribution in [-0.4, -0.2) is 15.0 Å². The molecule has 0 saturated heterocycles. The van der Waals surface area contributed by atoms with Crippen LogP contribution in [0.4, 0.5) is 0 Å². The number of aryl methyl sites for hydroxylation is 1. The summed E-state index contributed by atoms with van der Waals surface area (Å²) in [5.41, 5.74) is 7.59. The molecule has 5 aromatic heterocycles. The molecule has 0 aliphatic carbocycles. The van der Waals surface area contributed by atoms with Crippen molar-refractivity contribution in [2.45, 2.75) is 6.92 Å². The Hall–Kier alpha value is -4.64. The van der Waals surface area contributed by atoms with Crippen LogP contribution in [0.1, 0.15) is 5.69 Å². The number of nitrogens with zero attached hydrogens (tertiary/aromatic N) is 3. The van der Waals surface area contributed by atoms with Gasteiger partial charge >= 0.3 is 0 Å². The summed E-state index contributed by atoms with van der Waals surface area (Å²) in [6.45, 7) is 1.96. The summed E-state index contributed by atoms with van der Waals surface area (Å²) in [5.74, 6) is 0. The summed E-state index contributed by atoms with van der Waals surface area (Å²) in [4.78, 5) is 13.3. The Bertz CT molecular complexity index is 2050. The molecule has 0 aliphatic rings. The van der Waals surface area contributed by atoms with E-state index < -0.39 is 0 Å². The number of hydrogen-bond donors (Lipinski definition) is 0. The molecule has 0 saturated carbocycles. The molecule has 8 rings (SSSR count). The molecule has 0 bridgehead atoms. The second-order valence-corrected chi connectivity index (χ2v) is 9.16. The zero-order valence-corrected chi connectivity index (χ0v) is 23.8. The van der Waals surface area contributed by atoms with E-state index in [4.69, 9.17) is 8.83 Å². The van der Waals surface area contributed by atoms with Crippen molar-refractivity contribution in [1.82, 2.24) is 15.0 Å². The van der Waals surface area contributed by atoms with Crippen LogP contribution in [0.5, 0.6) is 0 Å². The van der Waals surface area contributed by atoms with Gasteiger partial charge in [-0.2, -0.15) is 0 Å². The van der Waals surface area contributed by atoms with Gasteiger partial charge in [0.15, 0.2) is 5.58 Å². The monoisotopic (exact) mass is 696 g/mol. The van der Waals surface area contributed by atoms with Gasteiger partial charge in [0.05, 0.1) is 11.8 Å². The van der Waals surface area contributed by atoms with Crippen LogP contribution in [0.25, 0.3) is 66.5 Å². The minimum atomic E-state index is 0. The summed E-state index contributed by atoms with van der Waals surface area (Å²) in [7, 11) is 0.